The summed E-state index contributed by atoms with van der Waals surface area (Å²) in [5.74, 6) is 1.79. The van der Waals surface area contributed by atoms with Crippen LogP contribution in [0, 0.1) is 0 Å². The van der Waals surface area contributed by atoms with Crippen LogP contribution in [-0.4, -0.2) is 0 Å². The average molecular weight is 732 g/mol. The molecular weight excluding hydrogens is 699 g/mol. The van der Waals surface area contributed by atoms with Crippen LogP contribution in [0.15, 0.2) is 200 Å². The number of thiophene rings is 1. The van der Waals surface area contributed by atoms with Crippen LogP contribution in [0.2, 0.25) is 0 Å². The van der Waals surface area contributed by atoms with E-state index in [1.54, 1.807) is 0 Å². The van der Waals surface area contributed by atoms with Crippen molar-refractivity contribution in [1.29, 1.82) is 0 Å². The maximum absolute atomic E-state index is 6.71. The number of rotatable bonds is 4. The largest absolute Gasteiger partial charge is 0.457 e. The molecule has 9 aromatic carbocycles. The van der Waals surface area contributed by atoms with Gasteiger partial charge in [-0.2, -0.15) is 0 Å². The van der Waals surface area contributed by atoms with Crippen molar-refractivity contribution in [2.45, 2.75) is 5.41 Å². The molecule has 0 N–H and O–H groups in total. The van der Waals surface area contributed by atoms with E-state index in [1.807, 2.05) is 11.3 Å². The zero-order valence-electron chi connectivity index (χ0n) is 30.3. The lowest BCUT2D eigenvalue weighted by molar-refractivity contribution is 0.436. The van der Waals surface area contributed by atoms with Gasteiger partial charge in [-0.1, -0.05) is 127 Å². The van der Waals surface area contributed by atoms with Crippen LogP contribution in [-0.2, 0) is 5.41 Å². The quantitative estimate of drug-likeness (QED) is 0.179. The van der Waals surface area contributed by atoms with Gasteiger partial charge in [0, 0.05) is 48.4 Å². The number of hydrogen-bond acceptors (Lipinski definition) is 3. The molecule has 0 fully saturated rings. The van der Waals surface area contributed by atoms with Crippen molar-refractivity contribution in [2.75, 3.05) is 4.90 Å². The fourth-order valence-corrected chi connectivity index (χ4v) is 10.6. The highest BCUT2D eigenvalue weighted by Crippen LogP contribution is 2.63. The number of ether oxygens (including phenoxy) is 1. The summed E-state index contributed by atoms with van der Waals surface area (Å²) in [6.45, 7) is 0. The van der Waals surface area contributed by atoms with E-state index >= 15 is 0 Å². The molecule has 0 amide bonds. The molecule has 0 saturated carbocycles. The molecule has 2 heterocycles. The normalized spacial score (nSPS) is 13.3. The Labute approximate surface area is 329 Å². The molecule has 1 aliphatic heterocycles. The van der Waals surface area contributed by atoms with Crippen LogP contribution in [0.25, 0.3) is 53.2 Å². The van der Waals surface area contributed by atoms with Crippen LogP contribution in [0.1, 0.15) is 22.3 Å². The molecule has 2 nitrogen and oxygen atoms in total. The number of anilines is 3. The third-order valence-corrected chi connectivity index (χ3v) is 13.0. The van der Waals surface area contributed by atoms with E-state index in [-0.39, 0.29) is 0 Å². The van der Waals surface area contributed by atoms with E-state index in [1.165, 1.54) is 64.3 Å². The van der Waals surface area contributed by atoms with Gasteiger partial charge in [0.15, 0.2) is 0 Å². The molecule has 0 bridgehead atoms. The van der Waals surface area contributed by atoms with Gasteiger partial charge in [-0.3, -0.25) is 0 Å². The van der Waals surface area contributed by atoms with E-state index in [9.17, 15) is 0 Å². The molecule has 262 valence electrons. The molecule has 0 unspecified atom stereocenters. The van der Waals surface area contributed by atoms with Crippen molar-refractivity contribution < 1.29 is 4.74 Å². The molecule has 10 aromatic rings. The second-order valence-electron chi connectivity index (χ2n) is 14.8. The fourth-order valence-electron chi connectivity index (χ4n) is 9.47. The molecule has 1 aromatic heterocycles. The molecule has 0 saturated heterocycles. The average Bonchev–Trinajstić information content (AvgIpc) is 3.76. The number of hydrogen-bond donors (Lipinski definition) is 0. The van der Waals surface area contributed by atoms with E-state index in [0.29, 0.717) is 0 Å². The highest BCUT2D eigenvalue weighted by atomic mass is 32.1. The van der Waals surface area contributed by atoms with Gasteiger partial charge in [0.05, 0.1) is 5.41 Å². The fraction of sp³-hybridized carbons (Fsp3) is 0.0189. The zero-order chi connectivity index (χ0) is 36.8. The summed E-state index contributed by atoms with van der Waals surface area (Å²) < 4.78 is 9.31. The van der Waals surface area contributed by atoms with E-state index in [2.05, 4.69) is 205 Å². The van der Waals surface area contributed by atoms with Gasteiger partial charge in [-0.25, -0.2) is 0 Å². The number of fused-ring (bicyclic) bond motifs is 13. The van der Waals surface area contributed by atoms with Crippen LogP contribution in [0.3, 0.4) is 0 Å². The summed E-state index contributed by atoms with van der Waals surface area (Å²) in [6.07, 6.45) is 0. The van der Waals surface area contributed by atoms with Crippen molar-refractivity contribution in [3.63, 3.8) is 0 Å². The standard InChI is InChI=1S/C53H33NOS/c1-2-13-34(14-3-1)35-17-12-18-38(29-35)54(39-26-28-52-44(32-39)42-19-6-11-24-51(42)56-52)40-25-27-41-43-30-36-15-4-5-16-37(36)31-47(43)53(48(41)33-40)45-20-7-9-22-49(45)55-50-23-10-8-21-46(50)53/h1-33H. The molecule has 1 spiro atoms. The molecule has 0 atom stereocenters. The van der Waals surface area contributed by atoms with Crippen LogP contribution >= 0.6 is 11.3 Å². The Hall–Kier alpha value is -6.94. The topological polar surface area (TPSA) is 12.5 Å². The van der Waals surface area contributed by atoms with Crippen LogP contribution < -0.4 is 9.64 Å². The Kier molecular flexibility index (Phi) is 6.75. The summed E-state index contributed by atoms with van der Waals surface area (Å²) in [7, 11) is 0. The Morgan fingerprint density at radius 3 is 1.80 bits per heavy atom. The lowest BCUT2D eigenvalue weighted by Gasteiger charge is -2.39. The Balaban J connectivity index is 1.16. The first-order valence-electron chi connectivity index (χ1n) is 19.2. The zero-order valence-corrected chi connectivity index (χ0v) is 31.1. The van der Waals surface area contributed by atoms with Gasteiger partial charge in [0.1, 0.15) is 11.5 Å². The lowest BCUT2D eigenvalue weighted by Crippen LogP contribution is -2.32. The van der Waals surface area contributed by atoms with Crippen LogP contribution in [0.4, 0.5) is 17.1 Å². The molecule has 0 radical (unpaired) electrons. The highest BCUT2D eigenvalue weighted by Gasteiger charge is 2.51. The summed E-state index contributed by atoms with van der Waals surface area (Å²) in [6, 6.07) is 73.3. The molecule has 2 aliphatic rings. The first-order valence-corrected chi connectivity index (χ1v) is 20.0. The van der Waals surface area contributed by atoms with E-state index in [4.69, 9.17) is 4.74 Å². The van der Waals surface area contributed by atoms with Crippen molar-refractivity contribution in [1.82, 2.24) is 0 Å². The van der Waals surface area contributed by atoms with Gasteiger partial charge < -0.3 is 9.64 Å². The third-order valence-electron chi connectivity index (χ3n) is 11.9. The third kappa shape index (κ3) is 4.49. The summed E-state index contributed by atoms with van der Waals surface area (Å²) >= 11 is 1.85. The summed E-state index contributed by atoms with van der Waals surface area (Å²) in [5.41, 5.74) is 12.5. The predicted octanol–water partition coefficient (Wildman–Crippen LogP) is 14.8. The van der Waals surface area contributed by atoms with Crippen molar-refractivity contribution in [2.24, 2.45) is 0 Å². The predicted molar refractivity (Wildman–Crippen MR) is 234 cm³/mol. The number of benzene rings is 9. The SMILES string of the molecule is c1ccc(-c2cccc(N(c3ccc4c(c3)C3(c5ccccc5Oc5ccccc53)c3cc5ccccc5cc3-4)c3ccc4sc5ccccc5c4c3)c2)cc1. The minimum atomic E-state index is -0.596. The Morgan fingerprint density at radius 1 is 0.375 bits per heavy atom. The maximum atomic E-state index is 6.71. The van der Waals surface area contributed by atoms with Crippen LogP contribution in [0.5, 0.6) is 11.5 Å². The van der Waals surface area contributed by atoms with Crippen molar-refractivity contribution in [3.05, 3.63) is 222 Å². The molecule has 3 heteroatoms. The Morgan fingerprint density at radius 2 is 0.982 bits per heavy atom. The number of para-hydroxylation sites is 2. The summed E-state index contributed by atoms with van der Waals surface area (Å²) in [4.78, 5) is 2.45. The molecular formula is C53H33NOS. The molecule has 1 aliphatic carbocycles. The minimum Gasteiger partial charge on any atom is -0.457 e. The van der Waals surface area contributed by atoms with Crippen molar-refractivity contribution in [3.8, 4) is 33.8 Å². The lowest BCUT2D eigenvalue weighted by atomic mass is 9.66. The molecule has 12 rings (SSSR count). The van der Waals surface area contributed by atoms with Gasteiger partial charge in [-0.05, 0) is 117 Å². The van der Waals surface area contributed by atoms with Crippen molar-refractivity contribution >= 4 is 59.3 Å². The van der Waals surface area contributed by atoms with Gasteiger partial charge in [0.2, 0.25) is 0 Å². The van der Waals surface area contributed by atoms with E-state index < -0.39 is 5.41 Å². The smallest absolute Gasteiger partial charge is 0.132 e. The van der Waals surface area contributed by atoms with Gasteiger partial charge in [-0.15, -0.1) is 11.3 Å². The second kappa shape index (κ2) is 12.0. The van der Waals surface area contributed by atoms with E-state index in [0.717, 1.165) is 39.7 Å². The maximum Gasteiger partial charge on any atom is 0.132 e. The first-order chi connectivity index (χ1) is 27.7. The highest BCUT2D eigenvalue weighted by molar-refractivity contribution is 7.25. The first kappa shape index (κ1) is 31.4. The van der Waals surface area contributed by atoms with Gasteiger partial charge in [0.25, 0.3) is 0 Å². The number of nitrogens with zero attached hydrogens (tertiary/aromatic N) is 1. The molecule has 56 heavy (non-hydrogen) atoms. The minimum absolute atomic E-state index is 0.596. The second-order valence-corrected chi connectivity index (χ2v) is 15.9. The summed E-state index contributed by atoms with van der Waals surface area (Å²) in [5, 5.41) is 5.04. The monoisotopic (exact) mass is 731 g/mol. The Bertz CT molecular complexity index is 3150. The van der Waals surface area contributed by atoms with Gasteiger partial charge >= 0.3 is 0 Å².